The molecule has 12 heavy (non-hydrogen) atoms. The fourth-order valence-corrected chi connectivity index (χ4v) is 2.62. The summed E-state index contributed by atoms with van der Waals surface area (Å²) in [6, 6.07) is 0. The monoisotopic (exact) mass is 166 g/mol. The maximum Gasteiger partial charge on any atom is -0.0231 e. The molecule has 0 aromatic carbocycles. The average molecular weight is 166 g/mol. The molecule has 0 nitrogen and oxygen atoms in total. The first-order valence-electron chi connectivity index (χ1n) is 5.46. The van der Waals surface area contributed by atoms with Crippen LogP contribution in [-0.4, -0.2) is 0 Å². The minimum Gasteiger partial charge on any atom is -0.0882 e. The molecule has 0 saturated heterocycles. The normalized spacial score (nSPS) is 36.4. The van der Waals surface area contributed by atoms with Crippen molar-refractivity contribution < 1.29 is 0 Å². The van der Waals surface area contributed by atoms with Gasteiger partial charge in [0, 0.05) is 0 Å². The molecular formula is C12H22. The van der Waals surface area contributed by atoms with Crippen LogP contribution in [0.2, 0.25) is 0 Å². The van der Waals surface area contributed by atoms with Crippen LogP contribution in [0.5, 0.6) is 0 Å². The van der Waals surface area contributed by atoms with Crippen LogP contribution in [0, 0.1) is 17.8 Å². The molecule has 3 atom stereocenters. The highest BCUT2D eigenvalue weighted by molar-refractivity contribution is 4.94. The molecule has 0 aromatic heterocycles. The lowest BCUT2D eigenvalue weighted by atomic mass is 9.79. The van der Waals surface area contributed by atoms with Gasteiger partial charge in [0.15, 0.2) is 0 Å². The third-order valence-corrected chi connectivity index (χ3v) is 3.42. The van der Waals surface area contributed by atoms with Gasteiger partial charge in [-0.15, -0.1) is 0 Å². The van der Waals surface area contributed by atoms with Crippen LogP contribution in [0.3, 0.4) is 0 Å². The highest BCUT2D eigenvalue weighted by Gasteiger charge is 2.23. The Morgan fingerprint density at radius 2 is 2.00 bits per heavy atom. The first-order valence-corrected chi connectivity index (χ1v) is 5.46. The van der Waals surface area contributed by atoms with Gasteiger partial charge in [-0.05, 0) is 30.6 Å². The maximum absolute atomic E-state index is 2.42. The highest BCUT2D eigenvalue weighted by atomic mass is 14.3. The minimum absolute atomic E-state index is 0.808. The smallest absolute Gasteiger partial charge is 0.0231 e. The van der Waals surface area contributed by atoms with Crippen LogP contribution in [0.4, 0.5) is 0 Å². The van der Waals surface area contributed by atoms with Crippen LogP contribution in [0.15, 0.2) is 12.2 Å². The highest BCUT2D eigenvalue weighted by Crippen LogP contribution is 2.33. The molecule has 0 aliphatic heterocycles. The van der Waals surface area contributed by atoms with E-state index in [0.29, 0.717) is 0 Å². The van der Waals surface area contributed by atoms with Gasteiger partial charge in [0.25, 0.3) is 0 Å². The van der Waals surface area contributed by atoms with E-state index in [1.165, 1.54) is 25.7 Å². The third-order valence-electron chi connectivity index (χ3n) is 3.42. The van der Waals surface area contributed by atoms with E-state index >= 15 is 0 Å². The average Bonchev–Trinajstić information content (AvgIpc) is 2.26. The molecule has 1 aliphatic rings. The molecule has 3 unspecified atom stereocenters. The molecule has 0 radical (unpaired) electrons. The molecule has 0 heterocycles. The molecule has 0 bridgehead atoms. The quantitative estimate of drug-likeness (QED) is 0.543. The second-order valence-corrected chi connectivity index (χ2v) is 4.11. The van der Waals surface area contributed by atoms with Gasteiger partial charge in [0.1, 0.15) is 0 Å². The fraction of sp³-hybridized carbons (Fsp3) is 0.833. The van der Waals surface area contributed by atoms with Crippen molar-refractivity contribution in [2.24, 2.45) is 17.8 Å². The van der Waals surface area contributed by atoms with Crippen molar-refractivity contribution >= 4 is 0 Å². The molecule has 70 valence electrons. The second-order valence-electron chi connectivity index (χ2n) is 4.11. The van der Waals surface area contributed by atoms with Crippen LogP contribution >= 0.6 is 0 Å². The van der Waals surface area contributed by atoms with E-state index < -0.39 is 0 Å². The van der Waals surface area contributed by atoms with E-state index in [4.69, 9.17) is 0 Å². The number of hydrogen-bond donors (Lipinski definition) is 0. The van der Waals surface area contributed by atoms with Gasteiger partial charge in [-0.3, -0.25) is 0 Å². The molecule has 1 aliphatic carbocycles. The number of hydrogen-bond acceptors (Lipinski definition) is 0. The van der Waals surface area contributed by atoms with E-state index in [1.807, 2.05) is 0 Å². The molecule has 0 amide bonds. The Morgan fingerprint density at radius 3 is 2.58 bits per heavy atom. The van der Waals surface area contributed by atoms with Crippen molar-refractivity contribution in [1.82, 2.24) is 0 Å². The predicted molar refractivity (Wildman–Crippen MR) is 55.1 cm³/mol. The first kappa shape index (κ1) is 9.83. The van der Waals surface area contributed by atoms with Crippen molar-refractivity contribution in [2.45, 2.75) is 46.5 Å². The molecule has 0 aromatic rings. The van der Waals surface area contributed by atoms with Gasteiger partial charge < -0.3 is 0 Å². The van der Waals surface area contributed by atoms with Crippen LogP contribution in [0.25, 0.3) is 0 Å². The molecule has 0 saturated carbocycles. The number of allylic oxidation sites excluding steroid dienone is 2. The van der Waals surface area contributed by atoms with Gasteiger partial charge in [0.05, 0.1) is 0 Å². The summed E-state index contributed by atoms with van der Waals surface area (Å²) in [5.41, 5.74) is 0. The van der Waals surface area contributed by atoms with Crippen LogP contribution in [-0.2, 0) is 0 Å². The van der Waals surface area contributed by atoms with Gasteiger partial charge in [0.2, 0.25) is 0 Å². The molecule has 0 fully saturated rings. The summed E-state index contributed by atoms with van der Waals surface area (Å²) in [4.78, 5) is 0. The molecule has 1 rings (SSSR count). The Hall–Kier alpha value is -0.260. The van der Waals surface area contributed by atoms with Crippen molar-refractivity contribution in [3.8, 4) is 0 Å². The van der Waals surface area contributed by atoms with Gasteiger partial charge >= 0.3 is 0 Å². The summed E-state index contributed by atoms with van der Waals surface area (Å²) in [6.07, 6.45) is 10.2. The zero-order valence-electron chi connectivity index (χ0n) is 8.72. The molecule has 0 N–H and O–H groups in total. The first-order chi connectivity index (χ1) is 5.79. The lowest BCUT2D eigenvalue weighted by molar-refractivity contribution is 0.252. The fourth-order valence-electron chi connectivity index (χ4n) is 2.62. The van der Waals surface area contributed by atoms with Crippen LogP contribution in [0.1, 0.15) is 46.5 Å². The topological polar surface area (TPSA) is 0 Å². The van der Waals surface area contributed by atoms with E-state index in [2.05, 4.69) is 32.9 Å². The van der Waals surface area contributed by atoms with E-state index in [0.717, 1.165) is 17.8 Å². The van der Waals surface area contributed by atoms with Gasteiger partial charge in [-0.1, -0.05) is 45.8 Å². The standard InChI is InChI=1S/C12H22/c1-4-11-9-7-6-8-10(3)12(11)5-2/h6,8,10-12H,4-5,7,9H2,1-3H3. The maximum atomic E-state index is 2.42. The van der Waals surface area contributed by atoms with E-state index in [1.54, 1.807) is 0 Å². The molecule has 0 heteroatoms. The summed E-state index contributed by atoms with van der Waals surface area (Å²) in [5, 5.41) is 0. The minimum atomic E-state index is 0.808. The number of rotatable bonds is 2. The Labute approximate surface area is 77.1 Å². The Kier molecular flexibility index (Phi) is 3.84. The zero-order valence-corrected chi connectivity index (χ0v) is 8.72. The summed E-state index contributed by atoms with van der Waals surface area (Å²) in [7, 11) is 0. The lowest BCUT2D eigenvalue weighted by Gasteiger charge is -2.26. The summed E-state index contributed by atoms with van der Waals surface area (Å²) >= 11 is 0. The summed E-state index contributed by atoms with van der Waals surface area (Å²) in [6.45, 7) is 7.05. The van der Waals surface area contributed by atoms with Crippen molar-refractivity contribution in [1.29, 1.82) is 0 Å². The van der Waals surface area contributed by atoms with E-state index in [9.17, 15) is 0 Å². The zero-order chi connectivity index (χ0) is 8.97. The third kappa shape index (κ3) is 2.12. The van der Waals surface area contributed by atoms with E-state index in [-0.39, 0.29) is 0 Å². The predicted octanol–water partition coefficient (Wildman–Crippen LogP) is 4.02. The molecular weight excluding hydrogens is 144 g/mol. The van der Waals surface area contributed by atoms with Crippen molar-refractivity contribution in [3.05, 3.63) is 12.2 Å². The molecule has 0 spiro atoms. The van der Waals surface area contributed by atoms with Crippen LogP contribution < -0.4 is 0 Å². The lowest BCUT2D eigenvalue weighted by Crippen LogP contribution is -2.18. The van der Waals surface area contributed by atoms with Gasteiger partial charge in [-0.25, -0.2) is 0 Å². The SMILES string of the molecule is CCC1CCC=CC(C)C1CC. The van der Waals surface area contributed by atoms with Gasteiger partial charge in [-0.2, -0.15) is 0 Å². The second kappa shape index (κ2) is 4.69. The van der Waals surface area contributed by atoms with Crippen molar-refractivity contribution in [3.63, 3.8) is 0 Å². The Balaban J connectivity index is 2.63. The Morgan fingerprint density at radius 1 is 1.25 bits per heavy atom. The largest absolute Gasteiger partial charge is 0.0882 e. The Bertz CT molecular complexity index is 146. The summed E-state index contributed by atoms with van der Waals surface area (Å²) < 4.78 is 0. The van der Waals surface area contributed by atoms with Crippen molar-refractivity contribution in [2.75, 3.05) is 0 Å². The summed E-state index contributed by atoms with van der Waals surface area (Å²) in [5.74, 6) is 2.72.